The zero-order valence-corrected chi connectivity index (χ0v) is 18.1. The molecule has 1 amide bonds. The minimum Gasteiger partial charge on any atom is -0.377 e. The molecule has 0 radical (unpaired) electrons. The number of rotatable bonds is 4. The Morgan fingerprint density at radius 2 is 1.75 bits per heavy atom. The Kier molecular flexibility index (Phi) is 5.67. The van der Waals surface area contributed by atoms with Gasteiger partial charge in [0.05, 0.1) is 6.07 Å². The van der Waals surface area contributed by atoms with Crippen LogP contribution in [0.2, 0.25) is 0 Å². The van der Waals surface area contributed by atoms with Crippen LogP contribution in [0.3, 0.4) is 0 Å². The van der Waals surface area contributed by atoms with Crippen LogP contribution in [0.15, 0.2) is 66.7 Å². The van der Waals surface area contributed by atoms with Crippen molar-refractivity contribution >= 4 is 29.4 Å². The molecule has 0 aromatic heterocycles. The highest BCUT2D eigenvalue weighted by molar-refractivity contribution is 6.05. The van der Waals surface area contributed by atoms with Gasteiger partial charge in [0.25, 0.3) is 5.91 Å². The SMILES string of the molecule is CC(=O)c1cccc(NC(=O)c2cccc(C#C[N+]3=c4ccc(N(C)C)cc4=[N+]=C3)c2)c1. The molecular weight excluding hydrogens is 400 g/mol. The maximum Gasteiger partial charge on any atom is 0.537 e. The second-order valence-corrected chi connectivity index (χ2v) is 7.59. The van der Waals surface area contributed by atoms with Crippen molar-refractivity contribution in [2.75, 3.05) is 24.3 Å². The minimum absolute atomic E-state index is 0.0525. The highest BCUT2D eigenvalue weighted by Gasteiger charge is 2.19. The number of hydrogen-bond donors (Lipinski definition) is 1. The highest BCUT2D eigenvalue weighted by atomic mass is 16.1. The quantitative estimate of drug-likeness (QED) is 0.300. The van der Waals surface area contributed by atoms with Crippen LogP contribution in [0.4, 0.5) is 11.4 Å². The van der Waals surface area contributed by atoms with E-state index < -0.39 is 0 Å². The number of ketones is 1. The largest absolute Gasteiger partial charge is 0.537 e. The number of amides is 1. The van der Waals surface area contributed by atoms with Crippen LogP contribution in [-0.2, 0) is 0 Å². The van der Waals surface area contributed by atoms with Crippen molar-refractivity contribution < 1.29 is 9.59 Å². The van der Waals surface area contributed by atoms with Crippen LogP contribution >= 0.6 is 0 Å². The molecule has 32 heavy (non-hydrogen) atoms. The number of anilines is 2. The monoisotopic (exact) mass is 422 g/mol. The normalized spacial score (nSPS) is 11.2. The van der Waals surface area contributed by atoms with Crippen molar-refractivity contribution in [1.29, 1.82) is 0 Å². The summed E-state index contributed by atoms with van der Waals surface area (Å²) in [5, 5.41) is 4.62. The van der Waals surface area contributed by atoms with E-state index in [9.17, 15) is 9.59 Å². The van der Waals surface area contributed by atoms with E-state index in [0.29, 0.717) is 22.4 Å². The molecule has 0 unspecified atom stereocenters. The predicted octanol–water partition coefficient (Wildman–Crippen LogP) is 1.44. The van der Waals surface area contributed by atoms with Crippen LogP contribution in [0, 0.1) is 12.0 Å². The fourth-order valence-electron chi connectivity index (χ4n) is 3.25. The molecular formula is C26H22N4O2+2. The van der Waals surface area contributed by atoms with E-state index in [-0.39, 0.29) is 11.7 Å². The maximum absolute atomic E-state index is 12.7. The number of carbonyl (C=O) groups excluding carboxylic acids is 2. The summed E-state index contributed by atoms with van der Waals surface area (Å²) in [7, 11) is 3.97. The number of fused-ring (bicyclic) bond motifs is 1. The smallest absolute Gasteiger partial charge is 0.377 e. The molecule has 4 rings (SSSR count). The van der Waals surface area contributed by atoms with Crippen molar-refractivity contribution in [2.45, 2.75) is 6.92 Å². The van der Waals surface area contributed by atoms with Gasteiger partial charge in [-0.25, -0.2) is 0 Å². The van der Waals surface area contributed by atoms with Crippen molar-refractivity contribution in [3.63, 3.8) is 0 Å². The number of hydrogen-bond acceptors (Lipinski definition) is 3. The second-order valence-electron chi connectivity index (χ2n) is 7.59. The molecule has 0 saturated carbocycles. The Balaban J connectivity index is 1.56. The summed E-state index contributed by atoms with van der Waals surface area (Å²) in [6.07, 6.45) is 1.69. The van der Waals surface area contributed by atoms with Crippen LogP contribution in [0.1, 0.15) is 33.2 Å². The summed E-state index contributed by atoms with van der Waals surface area (Å²) >= 11 is 0. The molecule has 0 aliphatic carbocycles. The first-order valence-corrected chi connectivity index (χ1v) is 10.1. The first-order valence-electron chi connectivity index (χ1n) is 10.1. The van der Waals surface area contributed by atoms with E-state index in [1.807, 2.05) is 43.3 Å². The molecule has 3 aromatic carbocycles. The van der Waals surface area contributed by atoms with Crippen molar-refractivity contribution in [3.8, 4) is 12.0 Å². The average molecular weight is 422 g/mol. The molecule has 6 nitrogen and oxygen atoms in total. The summed E-state index contributed by atoms with van der Waals surface area (Å²) in [6, 6.07) is 23.1. The van der Waals surface area contributed by atoms with Crippen molar-refractivity contribution in [2.24, 2.45) is 0 Å². The Labute approximate surface area is 185 Å². The fourth-order valence-corrected chi connectivity index (χ4v) is 3.25. The molecule has 0 spiro atoms. The minimum atomic E-state index is -0.265. The first-order chi connectivity index (χ1) is 15.4. The van der Waals surface area contributed by atoms with Gasteiger partial charge in [-0.2, -0.15) is 0 Å². The van der Waals surface area contributed by atoms with Gasteiger partial charge >= 0.3 is 17.1 Å². The third-order valence-corrected chi connectivity index (χ3v) is 5.02. The molecule has 0 saturated heterocycles. The van der Waals surface area contributed by atoms with E-state index in [1.54, 1.807) is 53.4 Å². The third kappa shape index (κ3) is 4.49. The molecule has 1 N–H and O–H groups in total. The second kappa shape index (κ2) is 8.73. The zero-order chi connectivity index (χ0) is 22.7. The van der Waals surface area contributed by atoms with Gasteiger partial charge in [0.2, 0.25) is 6.04 Å². The number of carbonyl (C=O) groups is 2. The van der Waals surface area contributed by atoms with Gasteiger partial charge < -0.3 is 10.2 Å². The van der Waals surface area contributed by atoms with Gasteiger partial charge in [-0.1, -0.05) is 18.2 Å². The standard InChI is InChI=1S/C26H21N4O2/c1-18(31)20-7-5-9-22(15-20)28-26(32)21-8-4-6-19(14-21)12-13-30-17-27-24-16-23(29(2)3)10-11-25(24)30/h4-11,14-17H,1-3H3/q+1/p+1. The van der Waals surface area contributed by atoms with Gasteiger partial charge in [-0.15, -0.1) is 0 Å². The molecule has 6 heteroatoms. The van der Waals surface area contributed by atoms with Gasteiger partial charge in [-0.3, -0.25) is 9.59 Å². The van der Waals surface area contributed by atoms with Crippen molar-refractivity contribution in [3.05, 3.63) is 94.1 Å². The number of nitrogens with zero attached hydrogens (tertiary/aromatic N) is 3. The lowest BCUT2D eigenvalue weighted by atomic mass is 10.1. The molecule has 1 aliphatic heterocycles. The zero-order valence-electron chi connectivity index (χ0n) is 18.1. The average Bonchev–Trinajstić information content (AvgIpc) is 3.20. The lowest BCUT2D eigenvalue weighted by Gasteiger charge is -2.08. The summed E-state index contributed by atoms with van der Waals surface area (Å²) in [4.78, 5) is 26.3. The highest BCUT2D eigenvalue weighted by Crippen LogP contribution is 2.13. The van der Waals surface area contributed by atoms with Crippen LogP contribution in [0.25, 0.3) is 0 Å². The van der Waals surface area contributed by atoms with Gasteiger partial charge in [0, 0.05) is 54.1 Å². The summed E-state index contributed by atoms with van der Waals surface area (Å²) in [5.74, 6) is 2.78. The maximum atomic E-state index is 12.7. The topological polar surface area (TPSA) is 66.5 Å². The molecule has 0 fully saturated rings. The third-order valence-electron chi connectivity index (χ3n) is 5.02. The van der Waals surface area contributed by atoms with Gasteiger partial charge in [0.1, 0.15) is 0 Å². The summed E-state index contributed by atoms with van der Waals surface area (Å²) in [5.41, 5.74) is 3.38. The van der Waals surface area contributed by atoms with Crippen LogP contribution in [0.5, 0.6) is 0 Å². The Morgan fingerprint density at radius 1 is 0.969 bits per heavy atom. The van der Waals surface area contributed by atoms with Gasteiger partial charge in [0.15, 0.2) is 5.78 Å². The summed E-state index contributed by atoms with van der Waals surface area (Å²) in [6.45, 7) is 1.49. The Morgan fingerprint density at radius 3 is 2.53 bits per heavy atom. The number of Topliss-reactive ketones (excluding diaryl/α,β-unsaturated/α-hetero) is 1. The molecule has 0 atom stereocenters. The molecule has 156 valence electrons. The number of benzene rings is 3. The number of nitrogens with one attached hydrogen (secondary N) is 1. The lowest BCUT2D eigenvalue weighted by molar-refractivity contribution is 0.101. The first kappa shape index (κ1) is 20.8. The predicted molar refractivity (Wildman–Crippen MR) is 126 cm³/mol. The van der Waals surface area contributed by atoms with Crippen molar-refractivity contribution in [1.82, 2.24) is 9.24 Å². The molecule has 1 aliphatic rings. The summed E-state index contributed by atoms with van der Waals surface area (Å²) < 4.78 is 6.20. The van der Waals surface area contributed by atoms with E-state index >= 15 is 0 Å². The molecule has 3 aromatic rings. The van der Waals surface area contributed by atoms with E-state index in [1.165, 1.54) is 6.92 Å². The van der Waals surface area contributed by atoms with E-state index in [0.717, 1.165) is 16.4 Å². The molecule has 0 bridgehead atoms. The fraction of sp³-hybridized carbons (Fsp3) is 0.115. The van der Waals surface area contributed by atoms with Gasteiger partial charge in [-0.05, 0) is 52.6 Å². The molecule has 1 heterocycles. The Bertz CT molecular complexity index is 1470. The van der Waals surface area contributed by atoms with E-state index in [2.05, 4.69) is 21.9 Å². The van der Waals surface area contributed by atoms with Crippen LogP contribution in [-0.4, -0.2) is 32.1 Å². The van der Waals surface area contributed by atoms with Crippen LogP contribution < -0.4 is 30.2 Å². The Hall–Kier alpha value is -4.46. The lowest BCUT2D eigenvalue weighted by Crippen LogP contribution is -2.33. The van der Waals surface area contributed by atoms with E-state index in [4.69, 9.17) is 0 Å².